The fraction of sp³-hybridized carbons (Fsp3) is 0.0769. The standard InChI is InChI=1S/C13H7ClN2O4S/c14-8-3-1-2-7-9(8)16(12(18)10(7)17)4-6-5-21-11(15-6)13(19)20/h1-3,5H,4H2,(H,19,20). The third kappa shape index (κ3) is 2.20. The average Bonchev–Trinajstić information content (AvgIpc) is 3.00. The van der Waals surface area contributed by atoms with Crippen molar-refractivity contribution in [2.75, 3.05) is 4.90 Å². The number of halogens is 1. The van der Waals surface area contributed by atoms with Crippen LogP contribution in [0.1, 0.15) is 25.9 Å². The number of aromatic carboxylic acids is 1. The third-order valence-electron chi connectivity index (χ3n) is 3.00. The molecule has 8 heteroatoms. The first kappa shape index (κ1) is 13.7. The smallest absolute Gasteiger partial charge is 0.365 e. The molecule has 0 aliphatic carbocycles. The lowest BCUT2D eigenvalue weighted by Crippen LogP contribution is -2.29. The van der Waals surface area contributed by atoms with Crippen LogP contribution in [0.5, 0.6) is 0 Å². The number of carbonyl (C=O) groups is 3. The Morgan fingerprint density at radius 2 is 2.14 bits per heavy atom. The number of thiazole rings is 1. The van der Waals surface area contributed by atoms with E-state index in [0.717, 1.165) is 11.3 Å². The number of nitrogens with zero attached hydrogens (tertiary/aromatic N) is 2. The Labute approximate surface area is 127 Å². The first-order valence-electron chi connectivity index (χ1n) is 5.81. The molecule has 2 heterocycles. The van der Waals surface area contributed by atoms with Crippen LogP contribution >= 0.6 is 22.9 Å². The Kier molecular flexibility index (Phi) is 3.23. The van der Waals surface area contributed by atoms with Crippen LogP contribution in [-0.2, 0) is 11.3 Å². The van der Waals surface area contributed by atoms with E-state index in [0.29, 0.717) is 16.4 Å². The molecule has 0 fully saturated rings. The number of amides is 1. The molecule has 3 rings (SSSR count). The lowest BCUT2D eigenvalue weighted by atomic mass is 10.1. The van der Waals surface area contributed by atoms with Crippen molar-refractivity contribution >= 4 is 46.3 Å². The topological polar surface area (TPSA) is 87.6 Å². The Balaban J connectivity index is 1.98. The summed E-state index contributed by atoms with van der Waals surface area (Å²) in [5.41, 5.74) is 0.992. The van der Waals surface area contributed by atoms with Gasteiger partial charge in [0.15, 0.2) is 0 Å². The minimum atomic E-state index is -1.13. The molecule has 0 atom stereocenters. The molecule has 0 spiro atoms. The predicted octanol–water partition coefficient (Wildman–Crippen LogP) is 2.22. The number of ketones is 1. The SMILES string of the molecule is O=C(O)c1nc(CN2C(=O)C(=O)c3cccc(Cl)c32)cs1. The van der Waals surface area contributed by atoms with Gasteiger partial charge in [0, 0.05) is 5.38 Å². The van der Waals surface area contributed by atoms with Crippen molar-refractivity contribution in [1.29, 1.82) is 0 Å². The Hall–Kier alpha value is -2.25. The summed E-state index contributed by atoms with van der Waals surface area (Å²) in [5, 5.41) is 10.6. The van der Waals surface area contributed by atoms with Crippen molar-refractivity contribution in [3.63, 3.8) is 0 Å². The van der Waals surface area contributed by atoms with E-state index in [2.05, 4.69) is 4.98 Å². The lowest BCUT2D eigenvalue weighted by Gasteiger charge is -2.16. The Bertz CT molecular complexity index is 786. The van der Waals surface area contributed by atoms with E-state index in [-0.39, 0.29) is 17.1 Å². The molecule has 0 saturated carbocycles. The number of hydrogen-bond donors (Lipinski definition) is 1. The van der Waals surface area contributed by atoms with Crippen LogP contribution in [0.25, 0.3) is 0 Å². The van der Waals surface area contributed by atoms with Gasteiger partial charge in [-0.15, -0.1) is 11.3 Å². The zero-order valence-electron chi connectivity index (χ0n) is 10.4. The fourth-order valence-corrected chi connectivity index (χ4v) is 3.03. The highest BCUT2D eigenvalue weighted by atomic mass is 35.5. The number of aromatic nitrogens is 1. The molecule has 21 heavy (non-hydrogen) atoms. The molecular weight excluding hydrogens is 316 g/mol. The highest BCUT2D eigenvalue weighted by Crippen LogP contribution is 2.36. The van der Waals surface area contributed by atoms with Crippen LogP contribution < -0.4 is 4.90 Å². The summed E-state index contributed by atoms with van der Waals surface area (Å²) in [4.78, 5) is 39.9. The molecule has 1 aromatic heterocycles. The molecule has 0 bridgehead atoms. The number of carboxylic acids is 1. The first-order valence-corrected chi connectivity index (χ1v) is 7.07. The van der Waals surface area contributed by atoms with Crippen molar-refractivity contribution in [3.05, 3.63) is 44.9 Å². The van der Waals surface area contributed by atoms with Crippen LogP contribution in [0, 0.1) is 0 Å². The van der Waals surface area contributed by atoms with Gasteiger partial charge in [-0.05, 0) is 12.1 Å². The second-order valence-electron chi connectivity index (χ2n) is 4.31. The normalized spacial score (nSPS) is 13.7. The minimum Gasteiger partial charge on any atom is -0.476 e. The lowest BCUT2D eigenvalue weighted by molar-refractivity contribution is -0.114. The van der Waals surface area contributed by atoms with E-state index < -0.39 is 17.7 Å². The predicted molar refractivity (Wildman–Crippen MR) is 76.0 cm³/mol. The molecule has 106 valence electrons. The van der Waals surface area contributed by atoms with Gasteiger partial charge in [-0.25, -0.2) is 9.78 Å². The molecule has 1 N–H and O–H groups in total. The van der Waals surface area contributed by atoms with Gasteiger partial charge < -0.3 is 5.11 Å². The van der Waals surface area contributed by atoms with Crippen LogP contribution in [0.3, 0.4) is 0 Å². The molecule has 1 aliphatic heterocycles. The first-order chi connectivity index (χ1) is 9.99. The molecule has 0 radical (unpaired) electrons. The number of benzene rings is 1. The zero-order chi connectivity index (χ0) is 15.1. The Morgan fingerprint density at radius 3 is 2.81 bits per heavy atom. The summed E-state index contributed by atoms with van der Waals surface area (Å²) in [7, 11) is 0. The largest absolute Gasteiger partial charge is 0.476 e. The maximum Gasteiger partial charge on any atom is 0.365 e. The summed E-state index contributed by atoms with van der Waals surface area (Å²) >= 11 is 7.02. The van der Waals surface area contributed by atoms with Crippen molar-refractivity contribution < 1.29 is 19.5 Å². The van der Waals surface area contributed by atoms with Gasteiger partial charge in [-0.3, -0.25) is 14.5 Å². The highest BCUT2D eigenvalue weighted by molar-refractivity contribution is 7.11. The number of carboxylic acid groups (broad SMARTS) is 1. The van der Waals surface area contributed by atoms with Crippen molar-refractivity contribution in [3.8, 4) is 0 Å². The summed E-state index contributed by atoms with van der Waals surface area (Å²) in [6.45, 7) is 0.00505. The van der Waals surface area contributed by atoms with E-state index >= 15 is 0 Å². The van der Waals surface area contributed by atoms with Crippen molar-refractivity contribution in [2.45, 2.75) is 6.54 Å². The van der Waals surface area contributed by atoms with Gasteiger partial charge in [-0.2, -0.15) is 0 Å². The van der Waals surface area contributed by atoms with Gasteiger partial charge in [0.05, 0.1) is 28.5 Å². The number of fused-ring (bicyclic) bond motifs is 1. The maximum atomic E-state index is 12.0. The second-order valence-corrected chi connectivity index (χ2v) is 5.57. The minimum absolute atomic E-state index is 0.00505. The summed E-state index contributed by atoms with van der Waals surface area (Å²) in [6, 6.07) is 4.72. The third-order valence-corrected chi connectivity index (χ3v) is 4.18. The maximum absolute atomic E-state index is 12.0. The van der Waals surface area contributed by atoms with Crippen LogP contribution in [0.2, 0.25) is 5.02 Å². The van der Waals surface area contributed by atoms with Gasteiger partial charge in [0.25, 0.3) is 11.7 Å². The molecule has 1 aliphatic rings. The molecule has 0 saturated heterocycles. The van der Waals surface area contributed by atoms with E-state index in [1.807, 2.05) is 0 Å². The van der Waals surface area contributed by atoms with E-state index in [1.165, 1.54) is 16.3 Å². The van der Waals surface area contributed by atoms with Crippen LogP contribution in [0.4, 0.5) is 5.69 Å². The number of carbonyl (C=O) groups excluding carboxylic acids is 2. The average molecular weight is 323 g/mol. The number of hydrogen-bond acceptors (Lipinski definition) is 5. The highest BCUT2D eigenvalue weighted by Gasteiger charge is 2.37. The molecular formula is C13H7ClN2O4S. The van der Waals surface area contributed by atoms with Gasteiger partial charge in [0.1, 0.15) is 0 Å². The molecule has 2 aromatic rings. The van der Waals surface area contributed by atoms with Gasteiger partial charge >= 0.3 is 5.97 Å². The quantitative estimate of drug-likeness (QED) is 0.875. The van der Waals surface area contributed by atoms with E-state index in [1.54, 1.807) is 12.1 Å². The second kappa shape index (κ2) is 4.94. The summed E-state index contributed by atoms with van der Waals surface area (Å²) in [6.07, 6.45) is 0. The fourth-order valence-electron chi connectivity index (χ4n) is 2.10. The van der Waals surface area contributed by atoms with Crippen LogP contribution in [-0.4, -0.2) is 27.8 Å². The molecule has 1 amide bonds. The number of Topliss-reactive ketones (excluding diaryl/α,β-unsaturated/α-hetero) is 1. The summed E-state index contributed by atoms with van der Waals surface area (Å²) in [5.74, 6) is -2.45. The number of rotatable bonds is 3. The van der Waals surface area contributed by atoms with Crippen LogP contribution in [0.15, 0.2) is 23.6 Å². The van der Waals surface area contributed by atoms with E-state index in [4.69, 9.17) is 16.7 Å². The molecule has 0 unspecified atom stereocenters. The van der Waals surface area contributed by atoms with E-state index in [9.17, 15) is 14.4 Å². The molecule has 6 nitrogen and oxygen atoms in total. The summed E-state index contributed by atoms with van der Waals surface area (Å²) < 4.78 is 0. The van der Waals surface area contributed by atoms with Crippen molar-refractivity contribution in [1.82, 2.24) is 4.98 Å². The monoisotopic (exact) mass is 322 g/mol. The van der Waals surface area contributed by atoms with Gasteiger partial charge in [-0.1, -0.05) is 17.7 Å². The van der Waals surface area contributed by atoms with Crippen molar-refractivity contribution in [2.24, 2.45) is 0 Å². The zero-order valence-corrected chi connectivity index (χ0v) is 11.9. The van der Waals surface area contributed by atoms with Gasteiger partial charge in [0.2, 0.25) is 5.01 Å². The number of anilines is 1. The Morgan fingerprint density at radius 1 is 1.38 bits per heavy atom. The molecule has 1 aromatic carbocycles. The number of para-hydroxylation sites is 1.